The summed E-state index contributed by atoms with van der Waals surface area (Å²) in [4.78, 5) is 3.87. The molecule has 0 radical (unpaired) electrons. The topological polar surface area (TPSA) is 74.1 Å². The van der Waals surface area contributed by atoms with Crippen molar-refractivity contribution in [2.45, 2.75) is 11.8 Å². The van der Waals surface area contributed by atoms with Gasteiger partial charge in [-0.1, -0.05) is 6.92 Å². The Kier molecular flexibility index (Phi) is 4.41. The fraction of sp³-hybridized carbons (Fsp3) is 0.333. The van der Waals surface area contributed by atoms with Crippen molar-refractivity contribution in [3.8, 4) is 6.07 Å². The highest BCUT2D eigenvalue weighted by molar-refractivity contribution is 9.10. The quantitative estimate of drug-likeness (QED) is 0.788. The number of rotatable bonds is 4. The lowest BCUT2D eigenvalue weighted by Gasteiger charge is -2.16. The molecule has 0 aromatic carbocycles. The van der Waals surface area contributed by atoms with Gasteiger partial charge in [-0.15, -0.1) is 0 Å². The summed E-state index contributed by atoms with van der Waals surface area (Å²) in [6, 6.07) is 3.28. The monoisotopic (exact) mass is 303 g/mol. The predicted octanol–water partition coefficient (Wildman–Crippen LogP) is 1.38. The first kappa shape index (κ1) is 13.1. The normalized spacial score (nSPS) is 11.4. The van der Waals surface area contributed by atoms with Gasteiger partial charge in [-0.2, -0.15) is 9.57 Å². The molecule has 1 rings (SSSR count). The van der Waals surface area contributed by atoms with Crippen LogP contribution in [0, 0.1) is 11.3 Å². The molecule has 0 unspecified atom stereocenters. The van der Waals surface area contributed by atoms with Crippen molar-refractivity contribution in [2.75, 3.05) is 13.1 Å². The highest BCUT2D eigenvalue weighted by atomic mass is 79.9. The Labute approximate surface area is 103 Å². The number of nitriles is 1. The van der Waals surface area contributed by atoms with Crippen LogP contribution in [-0.4, -0.2) is 30.8 Å². The van der Waals surface area contributed by atoms with Gasteiger partial charge in [-0.3, -0.25) is 4.98 Å². The van der Waals surface area contributed by atoms with E-state index in [4.69, 9.17) is 5.26 Å². The second kappa shape index (κ2) is 5.39. The lowest BCUT2D eigenvalue weighted by molar-refractivity contribution is 0.462. The molecule has 1 aromatic rings. The third kappa shape index (κ3) is 2.78. The Morgan fingerprint density at radius 2 is 2.25 bits per heavy atom. The van der Waals surface area contributed by atoms with Crippen molar-refractivity contribution in [3.05, 3.63) is 22.9 Å². The molecule has 0 aliphatic carbocycles. The van der Waals surface area contributed by atoms with Crippen LogP contribution in [0.1, 0.15) is 6.92 Å². The Bertz CT molecular complexity index is 510. The third-order valence-electron chi connectivity index (χ3n) is 1.92. The summed E-state index contributed by atoms with van der Waals surface area (Å²) in [6.07, 6.45) is 2.76. The first-order valence-corrected chi connectivity index (χ1v) is 6.73. The smallest absolute Gasteiger partial charge is 0.245 e. The second-order valence-corrected chi connectivity index (χ2v) is 5.78. The summed E-state index contributed by atoms with van der Waals surface area (Å²) in [5.41, 5.74) is 0. The molecule has 0 aliphatic rings. The molecule has 1 aromatic heterocycles. The van der Waals surface area contributed by atoms with Gasteiger partial charge in [0.25, 0.3) is 0 Å². The Hall–Kier alpha value is -0.970. The largest absolute Gasteiger partial charge is 0.262 e. The fourth-order valence-electron chi connectivity index (χ4n) is 1.13. The molecule has 5 nitrogen and oxygen atoms in total. The van der Waals surface area contributed by atoms with Gasteiger partial charge in [0.05, 0.1) is 6.07 Å². The van der Waals surface area contributed by atoms with Gasteiger partial charge in [-0.25, -0.2) is 8.42 Å². The Balaban J connectivity index is 3.16. The van der Waals surface area contributed by atoms with E-state index in [2.05, 4.69) is 20.9 Å². The van der Waals surface area contributed by atoms with Gasteiger partial charge in [0.1, 0.15) is 11.4 Å². The van der Waals surface area contributed by atoms with E-state index < -0.39 is 10.0 Å². The molecular weight excluding hydrogens is 294 g/mol. The van der Waals surface area contributed by atoms with Gasteiger partial charge in [0.15, 0.2) is 0 Å². The van der Waals surface area contributed by atoms with Crippen LogP contribution >= 0.6 is 15.9 Å². The number of hydrogen-bond acceptors (Lipinski definition) is 4. The molecule has 0 fully saturated rings. The molecule has 16 heavy (non-hydrogen) atoms. The molecule has 0 amide bonds. The van der Waals surface area contributed by atoms with Crippen molar-refractivity contribution < 1.29 is 8.42 Å². The summed E-state index contributed by atoms with van der Waals surface area (Å²) in [5.74, 6) is 0. The van der Waals surface area contributed by atoms with Gasteiger partial charge in [0, 0.05) is 23.4 Å². The molecule has 0 atom stereocenters. The number of hydrogen-bond donors (Lipinski definition) is 0. The molecule has 1 heterocycles. The lowest BCUT2D eigenvalue weighted by Crippen LogP contribution is -2.31. The molecule has 0 bridgehead atoms. The van der Waals surface area contributed by atoms with Crippen molar-refractivity contribution in [1.29, 1.82) is 5.26 Å². The van der Waals surface area contributed by atoms with Crippen LogP contribution in [0.25, 0.3) is 0 Å². The average Bonchev–Trinajstić information content (AvgIpc) is 2.25. The second-order valence-electron chi connectivity index (χ2n) is 2.93. The number of nitrogens with zero attached hydrogens (tertiary/aromatic N) is 3. The summed E-state index contributed by atoms with van der Waals surface area (Å²) in [5, 5.41) is 8.55. The van der Waals surface area contributed by atoms with E-state index in [0.717, 1.165) is 4.31 Å². The van der Waals surface area contributed by atoms with Crippen LogP contribution in [-0.2, 0) is 10.0 Å². The molecule has 0 saturated heterocycles. The van der Waals surface area contributed by atoms with Gasteiger partial charge in [0.2, 0.25) is 10.0 Å². The van der Waals surface area contributed by atoms with Crippen LogP contribution in [0.15, 0.2) is 27.8 Å². The molecule has 86 valence electrons. The fourth-order valence-corrected chi connectivity index (χ4v) is 2.98. The Morgan fingerprint density at radius 1 is 1.56 bits per heavy atom. The summed E-state index contributed by atoms with van der Waals surface area (Å²) in [7, 11) is -3.62. The molecular formula is C9H10BrN3O2S. The predicted molar refractivity (Wildman–Crippen MR) is 62.0 cm³/mol. The van der Waals surface area contributed by atoms with E-state index in [1.165, 1.54) is 18.5 Å². The van der Waals surface area contributed by atoms with Crippen LogP contribution in [0.4, 0.5) is 0 Å². The van der Waals surface area contributed by atoms with Gasteiger partial charge < -0.3 is 0 Å². The van der Waals surface area contributed by atoms with Crippen molar-refractivity contribution in [1.82, 2.24) is 9.29 Å². The van der Waals surface area contributed by atoms with E-state index >= 15 is 0 Å². The van der Waals surface area contributed by atoms with Crippen LogP contribution in [0.2, 0.25) is 0 Å². The molecule has 0 saturated carbocycles. The third-order valence-corrected chi connectivity index (χ3v) is 4.24. The first-order valence-electron chi connectivity index (χ1n) is 4.50. The zero-order chi connectivity index (χ0) is 12.2. The SMILES string of the molecule is CCN(CC#N)S(=O)(=O)c1cncc(Br)c1. The molecule has 0 N–H and O–H groups in total. The summed E-state index contributed by atoms with van der Waals surface area (Å²) >= 11 is 3.15. The van der Waals surface area contributed by atoms with Crippen molar-refractivity contribution in [3.63, 3.8) is 0 Å². The molecule has 7 heteroatoms. The average molecular weight is 304 g/mol. The van der Waals surface area contributed by atoms with E-state index in [0.29, 0.717) is 4.47 Å². The van der Waals surface area contributed by atoms with E-state index in [1.807, 2.05) is 6.07 Å². The lowest BCUT2D eigenvalue weighted by atomic mass is 10.5. The highest BCUT2D eigenvalue weighted by Crippen LogP contribution is 2.18. The number of aromatic nitrogens is 1. The van der Waals surface area contributed by atoms with Crippen molar-refractivity contribution >= 4 is 26.0 Å². The minimum Gasteiger partial charge on any atom is -0.262 e. The molecule has 0 aliphatic heterocycles. The standard InChI is InChI=1S/C9H10BrN3O2S/c1-2-13(4-3-11)16(14,15)9-5-8(10)6-12-7-9/h5-7H,2,4H2,1H3. The van der Waals surface area contributed by atoms with Crippen LogP contribution in [0.3, 0.4) is 0 Å². The minimum absolute atomic E-state index is 0.0824. The maximum Gasteiger partial charge on any atom is 0.245 e. The molecule has 0 spiro atoms. The number of sulfonamides is 1. The van der Waals surface area contributed by atoms with Crippen LogP contribution < -0.4 is 0 Å². The number of pyridine rings is 1. The van der Waals surface area contributed by atoms with E-state index in [1.54, 1.807) is 6.92 Å². The maximum absolute atomic E-state index is 12.0. The van der Waals surface area contributed by atoms with Gasteiger partial charge >= 0.3 is 0 Å². The van der Waals surface area contributed by atoms with Crippen LogP contribution in [0.5, 0.6) is 0 Å². The first-order chi connectivity index (χ1) is 7.52. The summed E-state index contributed by atoms with van der Waals surface area (Å²) < 4.78 is 25.7. The summed E-state index contributed by atoms with van der Waals surface area (Å²) in [6.45, 7) is 1.77. The van der Waals surface area contributed by atoms with Crippen molar-refractivity contribution in [2.24, 2.45) is 0 Å². The zero-order valence-corrected chi connectivity index (χ0v) is 11.0. The minimum atomic E-state index is -3.62. The van der Waals surface area contributed by atoms with Gasteiger partial charge in [-0.05, 0) is 22.0 Å². The highest BCUT2D eigenvalue weighted by Gasteiger charge is 2.23. The Morgan fingerprint density at radius 3 is 2.75 bits per heavy atom. The van der Waals surface area contributed by atoms with E-state index in [-0.39, 0.29) is 18.0 Å². The maximum atomic E-state index is 12.0. The number of halogens is 1. The van der Waals surface area contributed by atoms with E-state index in [9.17, 15) is 8.42 Å². The zero-order valence-electron chi connectivity index (χ0n) is 8.59.